The molecule has 128 valence electrons. The highest BCUT2D eigenvalue weighted by atomic mass is 16.5. The Hall–Kier alpha value is -2.24. The number of benzene rings is 4. The Kier molecular flexibility index (Phi) is 4.27. The van der Waals surface area contributed by atoms with Crippen molar-refractivity contribution in [2.24, 2.45) is 0 Å². The molecule has 4 nitrogen and oxygen atoms in total. The van der Waals surface area contributed by atoms with Gasteiger partial charge in [-0.15, -0.1) is 0 Å². The zero-order valence-electron chi connectivity index (χ0n) is 13.7. The molecule has 4 heteroatoms. The van der Waals surface area contributed by atoms with Crippen LogP contribution in [0.1, 0.15) is 0 Å². The third-order valence-corrected chi connectivity index (χ3v) is 4.83. The highest BCUT2D eigenvalue weighted by Crippen LogP contribution is 2.33. The van der Waals surface area contributed by atoms with E-state index in [-0.39, 0.29) is 13.2 Å². The zero-order valence-corrected chi connectivity index (χ0v) is 13.7. The summed E-state index contributed by atoms with van der Waals surface area (Å²) in [5, 5.41) is 34.3. The topological polar surface area (TPSA) is 69.9 Å². The lowest BCUT2D eigenvalue weighted by molar-refractivity contribution is -0.00588. The Morgan fingerprint density at radius 2 is 1.20 bits per heavy atom. The molecule has 1 saturated heterocycles. The number of rotatable bonds is 1. The van der Waals surface area contributed by atoms with Crippen molar-refractivity contribution in [1.29, 1.82) is 0 Å². The number of aliphatic hydroxyl groups is 3. The molecule has 3 N–H and O–H groups in total. The molecule has 3 atom stereocenters. The van der Waals surface area contributed by atoms with Crippen LogP contribution in [0.2, 0.25) is 0 Å². The van der Waals surface area contributed by atoms with Crippen molar-refractivity contribution in [2.45, 2.75) is 18.3 Å². The number of ether oxygens (including phenoxy) is 1. The van der Waals surface area contributed by atoms with Crippen LogP contribution in [0.25, 0.3) is 32.3 Å². The molecule has 0 radical (unpaired) electrons. The lowest BCUT2D eigenvalue weighted by Gasteiger charge is -2.10. The highest BCUT2D eigenvalue weighted by molar-refractivity contribution is 6.22. The average molecular weight is 336 g/mol. The second-order valence-electron chi connectivity index (χ2n) is 6.40. The Labute approximate surface area is 145 Å². The molecule has 0 spiro atoms. The van der Waals surface area contributed by atoms with Gasteiger partial charge in [-0.1, -0.05) is 60.7 Å². The van der Waals surface area contributed by atoms with Crippen molar-refractivity contribution in [3.05, 3.63) is 60.7 Å². The highest BCUT2D eigenvalue weighted by Gasteiger charge is 2.33. The second kappa shape index (κ2) is 6.58. The lowest BCUT2D eigenvalue weighted by Crippen LogP contribution is -2.31. The predicted octanol–water partition coefficient (Wildman–Crippen LogP) is 2.68. The molecule has 1 fully saturated rings. The minimum absolute atomic E-state index is 0.117. The Balaban J connectivity index is 0.000000150. The average Bonchev–Trinajstić information content (AvgIpc) is 2.99. The molecule has 5 rings (SSSR count). The molecule has 0 aliphatic carbocycles. The van der Waals surface area contributed by atoms with E-state index in [2.05, 4.69) is 60.7 Å². The summed E-state index contributed by atoms with van der Waals surface area (Å²) in [6, 6.07) is 21.9. The summed E-state index contributed by atoms with van der Waals surface area (Å²) in [7, 11) is 0. The molecule has 4 aromatic carbocycles. The van der Waals surface area contributed by atoms with Gasteiger partial charge in [0.25, 0.3) is 0 Å². The van der Waals surface area contributed by atoms with E-state index in [0.29, 0.717) is 0 Å². The molecular weight excluding hydrogens is 316 g/mol. The van der Waals surface area contributed by atoms with Crippen molar-refractivity contribution >= 4 is 32.3 Å². The molecule has 4 aromatic rings. The molecule has 0 saturated carbocycles. The summed E-state index contributed by atoms with van der Waals surface area (Å²) in [6.45, 7) is -0.120. The summed E-state index contributed by atoms with van der Waals surface area (Å²) < 4.78 is 4.78. The van der Waals surface area contributed by atoms with E-state index < -0.39 is 18.3 Å². The van der Waals surface area contributed by atoms with Gasteiger partial charge < -0.3 is 20.1 Å². The minimum Gasteiger partial charge on any atom is -0.394 e. The van der Waals surface area contributed by atoms with Gasteiger partial charge in [-0.05, 0) is 32.3 Å². The summed E-state index contributed by atoms with van der Waals surface area (Å²) in [6.07, 6.45) is -2.35. The Morgan fingerprint density at radius 1 is 0.760 bits per heavy atom. The molecule has 1 heterocycles. The van der Waals surface area contributed by atoms with E-state index >= 15 is 0 Å². The number of aliphatic hydroxyl groups excluding tert-OH is 3. The van der Waals surface area contributed by atoms with Crippen LogP contribution in [0.3, 0.4) is 0 Å². The van der Waals surface area contributed by atoms with Crippen LogP contribution in [0, 0.1) is 0 Å². The molecule has 1 aliphatic rings. The smallest absolute Gasteiger partial charge is 0.110 e. The van der Waals surface area contributed by atoms with E-state index in [0.717, 1.165) is 0 Å². The first-order valence-electron chi connectivity index (χ1n) is 8.40. The van der Waals surface area contributed by atoms with Gasteiger partial charge >= 0.3 is 0 Å². The maximum atomic E-state index is 8.92. The van der Waals surface area contributed by atoms with Crippen LogP contribution in [-0.4, -0.2) is 46.8 Å². The van der Waals surface area contributed by atoms with Crippen LogP contribution in [0.15, 0.2) is 60.7 Å². The fourth-order valence-electron chi connectivity index (χ4n) is 3.50. The fourth-order valence-corrected chi connectivity index (χ4v) is 3.50. The first kappa shape index (κ1) is 16.2. The largest absolute Gasteiger partial charge is 0.394 e. The van der Waals surface area contributed by atoms with E-state index in [9.17, 15) is 0 Å². The molecular formula is C21H20O4. The van der Waals surface area contributed by atoms with Gasteiger partial charge in [0.1, 0.15) is 18.3 Å². The van der Waals surface area contributed by atoms with Crippen molar-refractivity contribution in [1.82, 2.24) is 0 Å². The van der Waals surface area contributed by atoms with E-state index in [1.807, 2.05) is 0 Å². The van der Waals surface area contributed by atoms with Gasteiger partial charge in [0.15, 0.2) is 0 Å². The van der Waals surface area contributed by atoms with Gasteiger partial charge in [0.05, 0.1) is 13.2 Å². The summed E-state index contributed by atoms with van der Waals surface area (Å²) in [4.78, 5) is 0. The first-order chi connectivity index (χ1) is 12.2. The van der Waals surface area contributed by atoms with Crippen LogP contribution in [0.5, 0.6) is 0 Å². The zero-order chi connectivity index (χ0) is 17.4. The van der Waals surface area contributed by atoms with Gasteiger partial charge in [-0.3, -0.25) is 0 Å². The van der Waals surface area contributed by atoms with Crippen molar-refractivity contribution in [3.63, 3.8) is 0 Å². The van der Waals surface area contributed by atoms with Crippen molar-refractivity contribution < 1.29 is 20.1 Å². The Bertz CT molecular complexity index is 867. The lowest BCUT2D eigenvalue weighted by atomic mass is 9.95. The van der Waals surface area contributed by atoms with Crippen LogP contribution < -0.4 is 0 Å². The molecule has 0 aromatic heterocycles. The third-order valence-electron chi connectivity index (χ3n) is 4.83. The molecule has 0 amide bonds. The molecule has 0 unspecified atom stereocenters. The number of hydrogen-bond donors (Lipinski definition) is 3. The minimum atomic E-state index is -0.921. The monoisotopic (exact) mass is 336 g/mol. The first-order valence-corrected chi connectivity index (χ1v) is 8.40. The van der Waals surface area contributed by atoms with Crippen LogP contribution in [-0.2, 0) is 4.74 Å². The summed E-state index contributed by atoms with van der Waals surface area (Å²) in [5.41, 5.74) is 0. The van der Waals surface area contributed by atoms with Gasteiger partial charge in [0.2, 0.25) is 0 Å². The van der Waals surface area contributed by atoms with Gasteiger partial charge in [-0.25, -0.2) is 0 Å². The van der Waals surface area contributed by atoms with E-state index in [4.69, 9.17) is 20.1 Å². The van der Waals surface area contributed by atoms with Crippen LogP contribution >= 0.6 is 0 Å². The maximum absolute atomic E-state index is 8.92. The summed E-state index contributed by atoms with van der Waals surface area (Å²) >= 11 is 0. The second-order valence-corrected chi connectivity index (χ2v) is 6.40. The third kappa shape index (κ3) is 2.83. The van der Waals surface area contributed by atoms with Crippen molar-refractivity contribution in [3.8, 4) is 0 Å². The number of hydrogen-bond acceptors (Lipinski definition) is 4. The van der Waals surface area contributed by atoms with Gasteiger partial charge in [-0.2, -0.15) is 0 Å². The molecule has 1 aliphatic heterocycles. The van der Waals surface area contributed by atoms with Gasteiger partial charge in [0, 0.05) is 0 Å². The Morgan fingerprint density at radius 3 is 1.48 bits per heavy atom. The van der Waals surface area contributed by atoms with E-state index in [1.54, 1.807) is 0 Å². The predicted molar refractivity (Wildman–Crippen MR) is 99.0 cm³/mol. The van der Waals surface area contributed by atoms with E-state index in [1.165, 1.54) is 32.3 Å². The standard InChI is InChI=1S/C16H10.C5H10O4/c1-3-11-7-9-13-5-2-6-14-10-8-12(4-1)15(11)16(13)14;6-1-4-5(8)3(7)2-9-4/h1-10H;3-8H,1-2H2/t;3-,4+,5-/m.0/s1. The normalized spacial score (nSPS) is 23.2. The van der Waals surface area contributed by atoms with Crippen molar-refractivity contribution in [2.75, 3.05) is 13.2 Å². The quantitative estimate of drug-likeness (QED) is 0.468. The SMILES string of the molecule is OC[C@H]1OC[C@H](O)[C@@H]1O.c1cc2ccc3cccc4ccc(c1)c2c34. The molecule has 25 heavy (non-hydrogen) atoms. The fraction of sp³-hybridized carbons (Fsp3) is 0.238. The molecule has 0 bridgehead atoms. The maximum Gasteiger partial charge on any atom is 0.110 e. The van der Waals surface area contributed by atoms with Crippen LogP contribution in [0.4, 0.5) is 0 Å². The summed E-state index contributed by atoms with van der Waals surface area (Å²) in [5.74, 6) is 0.